The van der Waals surface area contributed by atoms with E-state index in [1.807, 2.05) is 0 Å². The Morgan fingerprint density at radius 1 is 1.22 bits per heavy atom. The molecule has 0 aliphatic carbocycles. The third-order valence-electron chi connectivity index (χ3n) is 7.59. The number of esters is 2. The third kappa shape index (κ3) is 6.21. The first-order valence-electron chi connectivity index (χ1n) is 14.0. The smallest absolute Gasteiger partial charge is 0.461 e. The second kappa shape index (κ2) is 13.3. The lowest BCUT2D eigenvalue weighted by molar-refractivity contribution is -0.141. The van der Waals surface area contributed by atoms with Crippen molar-refractivity contribution < 1.29 is 47.2 Å². The first-order chi connectivity index (χ1) is 21.9. The summed E-state index contributed by atoms with van der Waals surface area (Å²) < 4.78 is 51.5. The fourth-order valence-corrected chi connectivity index (χ4v) is 5.52. The van der Waals surface area contributed by atoms with Crippen LogP contribution in [0, 0.1) is 11.6 Å². The minimum absolute atomic E-state index is 0.00304. The number of rotatable bonds is 11. The third-order valence-corrected chi connectivity index (χ3v) is 7.95. The zero-order chi connectivity index (χ0) is 33.3. The largest absolute Gasteiger partial charge is 0.509 e. The molecule has 244 valence electrons. The maximum absolute atomic E-state index is 15.8. The Kier molecular flexibility index (Phi) is 9.46. The molecule has 16 heteroatoms. The Hall–Kier alpha value is -4.73. The van der Waals surface area contributed by atoms with Crippen LogP contribution in [0.3, 0.4) is 0 Å². The highest BCUT2D eigenvalue weighted by molar-refractivity contribution is 6.38. The number of aliphatic hydroxyl groups excluding tert-OH is 1. The highest BCUT2D eigenvalue weighted by Gasteiger charge is 2.36. The topological polar surface area (TPSA) is 172 Å². The predicted octanol–water partition coefficient (Wildman–Crippen LogP) is 2.93. The zero-order valence-electron chi connectivity index (χ0n) is 24.4. The zero-order valence-corrected chi connectivity index (χ0v) is 25.1. The van der Waals surface area contributed by atoms with Gasteiger partial charge in [0.05, 0.1) is 52.3 Å². The van der Waals surface area contributed by atoms with Crippen molar-refractivity contribution in [2.75, 3.05) is 36.9 Å². The first kappa shape index (κ1) is 32.7. The summed E-state index contributed by atoms with van der Waals surface area (Å²) in [5.41, 5.74) is 3.85. The number of nitrogens with one attached hydrogen (secondary N) is 1. The first-order valence-corrected chi connectivity index (χ1v) is 14.4. The van der Waals surface area contributed by atoms with E-state index < -0.39 is 72.3 Å². The number of aromatic nitrogens is 1. The van der Waals surface area contributed by atoms with E-state index >= 15 is 4.39 Å². The number of carbonyl (C=O) groups is 3. The van der Waals surface area contributed by atoms with E-state index in [1.165, 1.54) is 23.6 Å². The van der Waals surface area contributed by atoms with Crippen molar-refractivity contribution in [1.82, 2.24) is 9.88 Å². The van der Waals surface area contributed by atoms with Crippen LogP contribution in [0.1, 0.15) is 29.3 Å². The van der Waals surface area contributed by atoms with Gasteiger partial charge in [0.2, 0.25) is 5.43 Å². The highest BCUT2D eigenvalue weighted by Crippen LogP contribution is 2.40. The molecular formula is C30H29ClF2N4O9. The van der Waals surface area contributed by atoms with Gasteiger partial charge in [-0.25, -0.2) is 18.4 Å². The monoisotopic (exact) mass is 662 g/mol. The summed E-state index contributed by atoms with van der Waals surface area (Å²) >= 11 is 6.84. The molecular weight excluding hydrogens is 634 g/mol. The Morgan fingerprint density at radius 2 is 1.98 bits per heavy atom. The van der Waals surface area contributed by atoms with E-state index in [4.69, 9.17) is 36.3 Å². The lowest BCUT2D eigenvalue weighted by Gasteiger charge is -2.43. The van der Waals surface area contributed by atoms with Crippen LogP contribution in [0.25, 0.3) is 16.6 Å². The molecule has 3 atom stereocenters. The number of halogens is 3. The average molecular weight is 663 g/mol. The molecule has 5 rings (SSSR count). The lowest BCUT2D eigenvalue weighted by Crippen LogP contribution is -2.57. The number of nitrogens with zero attached hydrogens (tertiary/aromatic N) is 2. The number of ether oxygens (including phenoxy) is 4. The maximum atomic E-state index is 15.8. The van der Waals surface area contributed by atoms with E-state index in [0.29, 0.717) is 13.0 Å². The summed E-state index contributed by atoms with van der Waals surface area (Å²) in [7, 11) is 0. The Morgan fingerprint density at radius 3 is 2.61 bits per heavy atom. The molecule has 0 bridgehead atoms. The van der Waals surface area contributed by atoms with E-state index in [0.717, 1.165) is 18.3 Å². The molecule has 2 saturated heterocycles. The number of hydrogen-bond donors (Lipinski definition) is 3. The van der Waals surface area contributed by atoms with Gasteiger partial charge in [-0.15, -0.1) is 0 Å². The van der Waals surface area contributed by atoms with E-state index in [9.17, 15) is 28.7 Å². The van der Waals surface area contributed by atoms with Crippen molar-refractivity contribution >= 4 is 52.0 Å². The number of hydrogen-bond acceptors (Lipinski definition) is 12. The number of aliphatic hydroxyl groups is 1. The van der Waals surface area contributed by atoms with Crippen molar-refractivity contribution in [2.24, 2.45) is 0 Å². The molecule has 0 radical (unpaired) electrons. The second-order valence-corrected chi connectivity index (χ2v) is 10.9. The SMILES string of the molecule is C=CCOC(=O)CNC1CCN1c1c(F)cc2c(=O)c(C(=O)OCC3OC(=O)OC3C)cn(-c3cc(N)c(F)cc3CO)c2c1Cl. The molecule has 3 aromatic rings. The van der Waals surface area contributed by atoms with E-state index in [2.05, 4.69) is 11.9 Å². The van der Waals surface area contributed by atoms with Crippen LogP contribution in [0.15, 0.2) is 41.8 Å². The minimum Gasteiger partial charge on any atom is -0.461 e. The van der Waals surface area contributed by atoms with Crippen LogP contribution in [-0.2, 0) is 30.3 Å². The van der Waals surface area contributed by atoms with Gasteiger partial charge in [-0.1, -0.05) is 24.3 Å². The number of cyclic esters (lactones) is 2. The number of nitrogens with two attached hydrogens (primary N) is 1. The van der Waals surface area contributed by atoms with Gasteiger partial charge < -0.3 is 39.3 Å². The lowest BCUT2D eigenvalue weighted by atomic mass is 10.0. The van der Waals surface area contributed by atoms with Gasteiger partial charge in [-0.05, 0) is 31.5 Å². The molecule has 3 heterocycles. The van der Waals surface area contributed by atoms with Crippen LogP contribution in [0.5, 0.6) is 0 Å². The van der Waals surface area contributed by atoms with Gasteiger partial charge >= 0.3 is 18.1 Å². The maximum Gasteiger partial charge on any atom is 0.509 e. The molecule has 2 fully saturated rings. The van der Waals surface area contributed by atoms with Crippen LogP contribution < -0.4 is 21.4 Å². The summed E-state index contributed by atoms with van der Waals surface area (Å²) in [6.45, 7) is 4.04. The number of carbonyl (C=O) groups excluding carboxylic acids is 3. The summed E-state index contributed by atoms with van der Waals surface area (Å²) in [5, 5.41) is 12.4. The van der Waals surface area contributed by atoms with Crippen LogP contribution >= 0.6 is 11.6 Å². The predicted molar refractivity (Wildman–Crippen MR) is 161 cm³/mol. The van der Waals surface area contributed by atoms with Gasteiger partial charge in [0, 0.05) is 18.3 Å². The Labute approximate surface area is 265 Å². The normalized spacial score (nSPS) is 18.9. The number of pyridine rings is 1. The summed E-state index contributed by atoms with van der Waals surface area (Å²) in [6.07, 6.45) is -0.139. The summed E-state index contributed by atoms with van der Waals surface area (Å²) in [5.74, 6) is -3.44. The minimum atomic E-state index is -1.15. The number of benzene rings is 2. The summed E-state index contributed by atoms with van der Waals surface area (Å²) in [6, 6.07) is 3.04. The molecule has 0 saturated carbocycles. The Bertz CT molecular complexity index is 1800. The standard InChI is InChI=1S/C30H29ClF2N4O9/c1-3-6-43-24(39)10-35-23-4-5-36(23)27-19(33)8-16-26(25(27)31)37(21-9-20(34)18(32)7-15(21)12-38)11-17(28(16)40)29(41)44-13-22-14(2)45-30(42)46-22/h3,7-9,11,14,22-23,35,38H,1,4-6,10,12-13,34H2,2H3. The van der Waals surface area contributed by atoms with Crippen molar-refractivity contribution in [1.29, 1.82) is 0 Å². The molecule has 0 amide bonds. The molecule has 13 nitrogen and oxygen atoms in total. The number of nitrogen functional groups attached to an aromatic ring is 1. The fourth-order valence-electron chi connectivity index (χ4n) is 5.12. The molecule has 46 heavy (non-hydrogen) atoms. The van der Waals surface area contributed by atoms with E-state index in [-0.39, 0.29) is 51.7 Å². The fraction of sp³-hybridized carbons (Fsp3) is 0.333. The van der Waals surface area contributed by atoms with Crippen molar-refractivity contribution in [2.45, 2.75) is 38.3 Å². The molecule has 2 aliphatic rings. The van der Waals surface area contributed by atoms with E-state index in [1.54, 1.807) is 4.90 Å². The molecule has 2 aliphatic heterocycles. The highest BCUT2D eigenvalue weighted by atomic mass is 35.5. The number of anilines is 2. The van der Waals surface area contributed by atoms with Crippen LogP contribution in [0.4, 0.5) is 25.0 Å². The van der Waals surface area contributed by atoms with Crippen LogP contribution in [0.2, 0.25) is 5.02 Å². The molecule has 4 N–H and O–H groups in total. The molecule has 0 spiro atoms. The summed E-state index contributed by atoms with van der Waals surface area (Å²) in [4.78, 5) is 51.8. The van der Waals surface area contributed by atoms with Gasteiger partial charge in [-0.3, -0.25) is 14.9 Å². The average Bonchev–Trinajstić information content (AvgIpc) is 3.34. The van der Waals surface area contributed by atoms with Crippen molar-refractivity contribution in [3.63, 3.8) is 0 Å². The second-order valence-electron chi connectivity index (χ2n) is 10.5. The molecule has 2 aromatic carbocycles. The Balaban J connectivity index is 1.61. The molecule has 1 aromatic heterocycles. The molecule has 3 unspecified atom stereocenters. The van der Waals surface area contributed by atoms with Gasteiger partial charge in [0.1, 0.15) is 36.5 Å². The number of fused-ring (bicyclic) bond motifs is 1. The van der Waals surface area contributed by atoms with Gasteiger partial charge in [0.25, 0.3) is 0 Å². The van der Waals surface area contributed by atoms with Gasteiger partial charge in [-0.2, -0.15) is 0 Å². The van der Waals surface area contributed by atoms with Crippen molar-refractivity contribution in [3.8, 4) is 5.69 Å². The van der Waals surface area contributed by atoms with Crippen molar-refractivity contribution in [3.05, 3.63) is 75.1 Å². The quantitative estimate of drug-likeness (QED) is 0.119. The van der Waals surface area contributed by atoms with Crippen LogP contribution in [-0.4, -0.2) is 72.4 Å². The van der Waals surface area contributed by atoms with Gasteiger partial charge in [0.15, 0.2) is 6.10 Å².